The maximum absolute atomic E-state index is 9.04. The molecule has 0 spiro atoms. The van der Waals surface area contributed by atoms with Crippen molar-refractivity contribution in [1.29, 1.82) is 0 Å². The van der Waals surface area contributed by atoms with Gasteiger partial charge in [0, 0.05) is 18.0 Å². The summed E-state index contributed by atoms with van der Waals surface area (Å²) in [6, 6.07) is 2.51. The number of aliphatic hydroxyl groups is 1. The number of ether oxygens (including phenoxy) is 1. The number of hydrogen-bond acceptors (Lipinski definition) is 8. The van der Waals surface area contributed by atoms with Crippen molar-refractivity contribution in [3.8, 4) is 6.01 Å². The van der Waals surface area contributed by atoms with Gasteiger partial charge in [0.05, 0.1) is 18.5 Å². The second-order valence-corrected chi connectivity index (χ2v) is 7.44. The van der Waals surface area contributed by atoms with Crippen molar-refractivity contribution in [1.82, 2.24) is 24.7 Å². The van der Waals surface area contributed by atoms with Gasteiger partial charge in [-0.2, -0.15) is 9.97 Å². The molecule has 1 N–H and O–H groups in total. The fourth-order valence-corrected chi connectivity index (χ4v) is 4.35. The molecular formula is C17H22N6O2S. The summed E-state index contributed by atoms with van der Waals surface area (Å²) in [5.41, 5.74) is 0. The molecule has 0 amide bonds. The second kappa shape index (κ2) is 7.16. The fraction of sp³-hybridized carbons (Fsp3) is 0.529. The Morgan fingerprint density at radius 3 is 2.96 bits per heavy atom. The van der Waals surface area contributed by atoms with Crippen molar-refractivity contribution >= 4 is 27.4 Å². The van der Waals surface area contributed by atoms with E-state index in [1.54, 1.807) is 11.3 Å². The number of aryl methyl sites for hydroxylation is 2. The molecule has 0 saturated carbocycles. The number of rotatable bonds is 6. The Bertz CT molecular complexity index is 922. The summed E-state index contributed by atoms with van der Waals surface area (Å²) >= 11 is 1.68. The highest BCUT2D eigenvalue weighted by Crippen LogP contribution is 2.34. The van der Waals surface area contributed by atoms with Gasteiger partial charge in [-0.1, -0.05) is 13.3 Å². The summed E-state index contributed by atoms with van der Waals surface area (Å²) in [7, 11) is 0. The average molecular weight is 374 g/mol. The van der Waals surface area contributed by atoms with E-state index in [9.17, 15) is 0 Å². The molecule has 4 rings (SSSR count). The van der Waals surface area contributed by atoms with Gasteiger partial charge in [-0.3, -0.25) is 0 Å². The van der Waals surface area contributed by atoms with Gasteiger partial charge in [0.2, 0.25) is 0 Å². The number of nitrogens with zero attached hydrogens (tertiary/aromatic N) is 6. The highest BCUT2D eigenvalue weighted by atomic mass is 32.1. The van der Waals surface area contributed by atoms with Gasteiger partial charge in [-0.25, -0.2) is 0 Å². The molecule has 1 aliphatic rings. The van der Waals surface area contributed by atoms with Crippen LogP contribution >= 0.6 is 11.3 Å². The predicted molar refractivity (Wildman–Crippen MR) is 99.8 cm³/mol. The monoisotopic (exact) mass is 374 g/mol. The molecule has 3 aromatic heterocycles. The number of hydrogen-bond donors (Lipinski definition) is 1. The molecule has 0 bridgehead atoms. The summed E-state index contributed by atoms with van der Waals surface area (Å²) in [5.74, 6) is 2.76. The largest absolute Gasteiger partial charge is 0.461 e. The zero-order chi connectivity index (χ0) is 18.1. The van der Waals surface area contributed by atoms with Gasteiger partial charge < -0.3 is 19.3 Å². The van der Waals surface area contributed by atoms with Crippen LogP contribution in [0.2, 0.25) is 0 Å². The summed E-state index contributed by atoms with van der Waals surface area (Å²) in [4.78, 5) is 13.6. The van der Waals surface area contributed by atoms with Crippen LogP contribution in [0.3, 0.4) is 0 Å². The molecule has 9 heteroatoms. The molecule has 3 aromatic rings. The standard InChI is InChI=1S/C17H22N6O2S/c1-3-4-12-9-13-15(18-17(25-8-7-24)19-16(13)26-12)22-5-6-23-11(2)20-21-14(23)10-22/h9,24H,3-8,10H2,1-2H3. The maximum atomic E-state index is 9.04. The molecular weight excluding hydrogens is 352 g/mol. The molecule has 1 aliphatic heterocycles. The van der Waals surface area contributed by atoms with E-state index in [2.05, 4.69) is 42.6 Å². The fourth-order valence-electron chi connectivity index (χ4n) is 3.23. The Balaban J connectivity index is 1.74. The zero-order valence-electron chi connectivity index (χ0n) is 15.0. The van der Waals surface area contributed by atoms with Crippen molar-refractivity contribution in [3.63, 3.8) is 0 Å². The van der Waals surface area contributed by atoms with Crippen LogP contribution in [0.4, 0.5) is 5.82 Å². The van der Waals surface area contributed by atoms with Crippen LogP contribution in [0.5, 0.6) is 6.01 Å². The van der Waals surface area contributed by atoms with Crippen LogP contribution in [0.15, 0.2) is 6.07 Å². The highest BCUT2D eigenvalue weighted by molar-refractivity contribution is 7.18. The quantitative estimate of drug-likeness (QED) is 0.705. The molecule has 0 saturated heterocycles. The van der Waals surface area contributed by atoms with E-state index in [0.29, 0.717) is 12.6 Å². The van der Waals surface area contributed by atoms with Crippen molar-refractivity contribution in [2.24, 2.45) is 0 Å². The van der Waals surface area contributed by atoms with Crippen LogP contribution in [0.1, 0.15) is 29.9 Å². The lowest BCUT2D eigenvalue weighted by atomic mass is 10.2. The molecule has 0 aromatic carbocycles. The molecule has 8 nitrogen and oxygen atoms in total. The number of anilines is 1. The zero-order valence-corrected chi connectivity index (χ0v) is 15.8. The van der Waals surface area contributed by atoms with Crippen molar-refractivity contribution < 1.29 is 9.84 Å². The number of fused-ring (bicyclic) bond motifs is 2. The first-order chi connectivity index (χ1) is 12.7. The number of aromatic nitrogens is 5. The van der Waals surface area contributed by atoms with Gasteiger partial charge in [0.1, 0.15) is 23.1 Å². The summed E-state index contributed by atoms with van der Waals surface area (Å²) in [5, 5.41) is 18.6. The van der Waals surface area contributed by atoms with E-state index in [1.165, 1.54) is 4.88 Å². The van der Waals surface area contributed by atoms with Crippen molar-refractivity contribution in [3.05, 3.63) is 22.6 Å². The molecule has 4 heterocycles. The molecule has 0 aliphatic carbocycles. The third-order valence-corrected chi connectivity index (χ3v) is 5.55. The molecule has 0 fully saturated rings. The van der Waals surface area contributed by atoms with Gasteiger partial charge in [-0.05, 0) is 19.4 Å². The van der Waals surface area contributed by atoms with E-state index >= 15 is 0 Å². The van der Waals surface area contributed by atoms with Crippen molar-refractivity contribution in [2.45, 2.75) is 39.8 Å². The first-order valence-electron chi connectivity index (χ1n) is 8.87. The molecule has 0 atom stereocenters. The Hall–Kier alpha value is -2.26. The summed E-state index contributed by atoms with van der Waals surface area (Å²) < 4.78 is 7.66. The van der Waals surface area contributed by atoms with Crippen LogP contribution in [-0.4, -0.2) is 49.6 Å². The van der Waals surface area contributed by atoms with E-state index in [-0.39, 0.29) is 13.2 Å². The van der Waals surface area contributed by atoms with Gasteiger partial charge in [0.25, 0.3) is 0 Å². The third-order valence-electron chi connectivity index (χ3n) is 4.46. The third kappa shape index (κ3) is 3.12. The topological polar surface area (TPSA) is 89.2 Å². The van der Waals surface area contributed by atoms with Gasteiger partial charge in [-0.15, -0.1) is 21.5 Å². The van der Waals surface area contributed by atoms with Gasteiger partial charge >= 0.3 is 6.01 Å². The molecule has 138 valence electrons. The molecule has 0 unspecified atom stereocenters. The Morgan fingerprint density at radius 2 is 2.15 bits per heavy atom. The number of aliphatic hydroxyl groups excluding tert-OH is 1. The SMILES string of the molecule is CCCc1cc2c(N3CCn4c(C)nnc4C3)nc(OCCO)nc2s1. The van der Waals surface area contributed by atoms with Crippen LogP contribution in [0.25, 0.3) is 10.2 Å². The Labute approximate surface area is 155 Å². The van der Waals surface area contributed by atoms with Crippen molar-refractivity contribution in [2.75, 3.05) is 24.7 Å². The average Bonchev–Trinajstić information content (AvgIpc) is 3.22. The van der Waals surface area contributed by atoms with E-state index in [4.69, 9.17) is 9.84 Å². The van der Waals surface area contributed by atoms with Gasteiger partial charge in [0.15, 0.2) is 5.82 Å². The Morgan fingerprint density at radius 1 is 1.27 bits per heavy atom. The maximum Gasteiger partial charge on any atom is 0.319 e. The summed E-state index contributed by atoms with van der Waals surface area (Å²) in [6.45, 7) is 6.60. The minimum atomic E-state index is -0.0612. The van der Waals surface area contributed by atoms with Crippen LogP contribution in [-0.2, 0) is 19.5 Å². The molecule has 26 heavy (non-hydrogen) atoms. The summed E-state index contributed by atoms with van der Waals surface area (Å²) in [6.07, 6.45) is 2.12. The van der Waals surface area contributed by atoms with E-state index < -0.39 is 0 Å². The lowest BCUT2D eigenvalue weighted by Gasteiger charge is -2.29. The van der Waals surface area contributed by atoms with Crippen LogP contribution < -0.4 is 9.64 Å². The highest BCUT2D eigenvalue weighted by Gasteiger charge is 2.24. The number of thiophene rings is 1. The van der Waals surface area contributed by atoms with E-state index in [0.717, 1.165) is 53.6 Å². The Kier molecular flexibility index (Phi) is 4.73. The molecule has 0 radical (unpaired) electrons. The second-order valence-electron chi connectivity index (χ2n) is 6.32. The first-order valence-corrected chi connectivity index (χ1v) is 9.69. The van der Waals surface area contributed by atoms with Crippen LogP contribution in [0, 0.1) is 6.92 Å². The smallest absolute Gasteiger partial charge is 0.319 e. The normalized spacial score (nSPS) is 14.0. The predicted octanol–water partition coefficient (Wildman–Crippen LogP) is 1.94. The minimum Gasteiger partial charge on any atom is -0.461 e. The minimum absolute atomic E-state index is 0.0612. The lowest BCUT2D eigenvalue weighted by molar-refractivity contribution is 0.192. The lowest BCUT2D eigenvalue weighted by Crippen LogP contribution is -2.35. The first kappa shape index (κ1) is 17.2. The van der Waals surface area contributed by atoms with E-state index in [1.807, 2.05) is 6.92 Å².